The standard InChI is InChI=1S/C22H26N2O5/c1-22(2,3)29-21(27)24-13-18(19(25)14-24)23-20(26)15-9-11-17(12-10-15)28-16-7-5-4-6-8-16/h4-12,18-19,25H,13-14H2,1-3H3,(H,23,26)/t18-,19-/m0/s1. The van der Waals surface area contributed by atoms with Gasteiger partial charge in [-0.3, -0.25) is 4.79 Å². The minimum absolute atomic E-state index is 0.115. The number of aliphatic hydroxyl groups is 1. The molecule has 29 heavy (non-hydrogen) atoms. The first-order valence-electron chi connectivity index (χ1n) is 9.51. The molecule has 0 saturated carbocycles. The van der Waals surface area contributed by atoms with Crippen LogP contribution in [-0.2, 0) is 4.74 Å². The minimum Gasteiger partial charge on any atom is -0.457 e. The molecular weight excluding hydrogens is 372 g/mol. The second-order valence-electron chi connectivity index (χ2n) is 7.97. The van der Waals surface area contributed by atoms with Crippen LogP contribution in [0.3, 0.4) is 0 Å². The van der Waals surface area contributed by atoms with Crippen LogP contribution < -0.4 is 10.1 Å². The van der Waals surface area contributed by atoms with Crippen molar-refractivity contribution in [1.82, 2.24) is 10.2 Å². The first-order valence-corrected chi connectivity index (χ1v) is 9.51. The lowest BCUT2D eigenvalue weighted by atomic mass is 10.1. The Kier molecular flexibility index (Phi) is 6.08. The molecular formula is C22H26N2O5. The molecule has 7 nitrogen and oxygen atoms in total. The van der Waals surface area contributed by atoms with Crippen molar-refractivity contribution in [3.63, 3.8) is 0 Å². The summed E-state index contributed by atoms with van der Waals surface area (Å²) in [6, 6.07) is 15.5. The molecule has 0 bridgehead atoms. The molecule has 2 amide bonds. The molecule has 0 aliphatic carbocycles. The summed E-state index contributed by atoms with van der Waals surface area (Å²) in [7, 11) is 0. The quantitative estimate of drug-likeness (QED) is 0.826. The van der Waals surface area contributed by atoms with Gasteiger partial charge in [-0.25, -0.2) is 4.79 Å². The number of hydrogen-bond donors (Lipinski definition) is 2. The van der Waals surface area contributed by atoms with Crippen molar-refractivity contribution >= 4 is 12.0 Å². The van der Waals surface area contributed by atoms with Gasteiger partial charge in [0.1, 0.15) is 17.1 Å². The molecule has 0 aromatic heterocycles. The lowest BCUT2D eigenvalue weighted by Gasteiger charge is -2.24. The van der Waals surface area contributed by atoms with Crippen molar-refractivity contribution in [2.24, 2.45) is 0 Å². The maximum Gasteiger partial charge on any atom is 0.410 e. The molecule has 1 saturated heterocycles. The van der Waals surface area contributed by atoms with Gasteiger partial charge in [-0.05, 0) is 57.2 Å². The van der Waals surface area contributed by atoms with E-state index in [1.54, 1.807) is 45.0 Å². The van der Waals surface area contributed by atoms with Crippen molar-refractivity contribution in [3.05, 3.63) is 60.2 Å². The third-order valence-corrected chi connectivity index (χ3v) is 4.35. The van der Waals surface area contributed by atoms with E-state index < -0.39 is 23.8 Å². The van der Waals surface area contributed by atoms with Gasteiger partial charge in [0, 0.05) is 12.1 Å². The van der Waals surface area contributed by atoms with E-state index in [9.17, 15) is 14.7 Å². The molecule has 2 aromatic carbocycles. The summed E-state index contributed by atoms with van der Waals surface area (Å²) in [5, 5.41) is 13.0. The van der Waals surface area contributed by atoms with Crippen LogP contribution in [0.25, 0.3) is 0 Å². The number of nitrogens with one attached hydrogen (secondary N) is 1. The molecule has 0 radical (unpaired) electrons. The number of β-amino-alcohol motifs (C(OH)–C–C–N with tert-alkyl or cyclic N) is 1. The number of para-hydroxylation sites is 1. The normalized spacial score (nSPS) is 19.0. The zero-order chi connectivity index (χ0) is 21.0. The largest absolute Gasteiger partial charge is 0.457 e. The molecule has 1 aliphatic heterocycles. The summed E-state index contributed by atoms with van der Waals surface area (Å²) in [5.41, 5.74) is -0.180. The first-order chi connectivity index (χ1) is 13.7. The van der Waals surface area contributed by atoms with Gasteiger partial charge in [-0.15, -0.1) is 0 Å². The van der Waals surface area contributed by atoms with Crippen LogP contribution in [0.1, 0.15) is 31.1 Å². The molecule has 3 rings (SSSR count). The van der Waals surface area contributed by atoms with E-state index in [-0.39, 0.29) is 19.0 Å². The maximum atomic E-state index is 12.5. The molecule has 0 unspecified atom stereocenters. The topological polar surface area (TPSA) is 88.1 Å². The number of amides is 2. The molecule has 2 N–H and O–H groups in total. The van der Waals surface area contributed by atoms with E-state index in [4.69, 9.17) is 9.47 Å². The highest BCUT2D eigenvalue weighted by Crippen LogP contribution is 2.21. The van der Waals surface area contributed by atoms with E-state index in [1.165, 1.54) is 4.90 Å². The van der Waals surface area contributed by atoms with Crippen LogP contribution in [0.4, 0.5) is 4.79 Å². The van der Waals surface area contributed by atoms with Gasteiger partial charge in [-0.2, -0.15) is 0 Å². The number of hydrogen-bond acceptors (Lipinski definition) is 5. The predicted octanol–water partition coefficient (Wildman–Crippen LogP) is 3.19. The van der Waals surface area contributed by atoms with Crippen LogP contribution in [0.5, 0.6) is 11.5 Å². The predicted molar refractivity (Wildman–Crippen MR) is 108 cm³/mol. The van der Waals surface area contributed by atoms with Gasteiger partial charge in [0.2, 0.25) is 0 Å². The third kappa shape index (κ3) is 5.71. The lowest BCUT2D eigenvalue weighted by molar-refractivity contribution is 0.0269. The summed E-state index contributed by atoms with van der Waals surface area (Å²) in [6.07, 6.45) is -1.36. The average molecular weight is 398 g/mol. The number of carbonyl (C=O) groups is 2. The fourth-order valence-electron chi connectivity index (χ4n) is 2.95. The Bertz CT molecular complexity index is 846. The molecule has 1 aliphatic rings. The van der Waals surface area contributed by atoms with Gasteiger partial charge >= 0.3 is 6.09 Å². The fourth-order valence-corrected chi connectivity index (χ4v) is 2.95. The Morgan fingerprint density at radius 1 is 1.00 bits per heavy atom. The number of aliphatic hydroxyl groups excluding tert-OH is 1. The first kappa shape index (κ1) is 20.7. The van der Waals surface area contributed by atoms with Crippen LogP contribution >= 0.6 is 0 Å². The summed E-state index contributed by atoms with van der Waals surface area (Å²) in [5.74, 6) is 0.997. The summed E-state index contributed by atoms with van der Waals surface area (Å²) in [4.78, 5) is 26.1. The van der Waals surface area contributed by atoms with Gasteiger partial charge in [0.25, 0.3) is 5.91 Å². The van der Waals surface area contributed by atoms with Crippen molar-refractivity contribution in [1.29, 1.82) is 0 Å². The number of nitrogens with zero attached hydrogens (tertiary/aromatic N) is 1. The highest BCUT2D eigenvalue weighted by molar-refractivity contribution is 5.94. The van der Waals surface area contributed by atoms with E-state index in [1.807, 2.05) is 30.3 Å². The Hall–Kier alpha value is -3.06. The van der Waals surface area contributed by atoms with Crippen LogP contribution in [-0.4, -0.2) is 52.8 Å². The molecule has 1 heterocycles. The smallest absolute Gasteiger partial charge is 0.410 e. The third-order valence-electron chi connectivity index (χ3n) is 4.35. The fraction of sp³-hybridized carbons (Fsp3) is 0.364. The monoisotopic (exact) mass is 398 g/mol. The van der Waals surface area contributed by atoms with Crippen molar-refractivity contribution < 1.29 is 24.2 Å². The average Bonchev–Trinajstić information content (AvgIpc) is 3.02. The Morgan fingerprint density at radius 3 is 2.24 bits per heavy atom. The zero-order valence-corrected chi connectivity index (χ0v) is 16.8. The van der Waals surface area contributed by atoms with Gasteiger partial charge in [0.05, 0.1) is 18.7 Å². The van der Waals surface area contributed by atoms with Crippen LogP contribution in [0.2, 0.25) is 0 Å². The molecule has 2 atom stereocenters. The van der Waals surface area contributed by atoms with Gasteiger partial charge in [0.15, 0.2) is 0 Å². The highest BCUT2D eigenvalue weighted by Gasteiger charge is 2.37. The van der Waals surface area contributed by atoms with Crippen molar-refractivity contribution in [2.45, 2.75) is 38.5 Å². The molecule has 0 spiro atoms. The van der Waals surface area contributed by atoms with Crippen LogP contribution in [0, 0.1) is 0 Å². The summed E-state index contributed by atoms with van der Waals surface area (Å²) >= 11 is 0. The number of rotatable bonds is 4. The van der Waals surface area contributed by atoms with E-state index in [0.29, 0.717) is 17.1 Å². The van der Waals surface area contributed by atoms with Gasteiger partial charge < -0.3 is 24.8 Å². The highest BCUT2D eigenvalue weighted by atomic mass is 16.6. The second-order valence-corrected chi connectivity index (χ2v) is 7.97. The zero-order valence-electron chi connectivity index (χ0n) is 16.8. The number of likely N-dealkylation sites (tertiary alicyclic amines) is 1. The van der Waals surface area contributed by atoms with E-state index in [0.717, 1.165) is 0 Å². The lowest BCUT2D eigenvalue weighted by Crippen LogP contribution is -2.43. The Balaban J connectivity index is 1.56. The van der Waals surface area contributed by atoms with Crippen molar-refractivity contribution in [3.8, 4) is 11.5 Å². The SMILES string of the molecule is CC(C)(C)OC(=O)N1C[C@H](NC(=O)c2ccc(Oc3ccccc3)cc2)[C@@H](O)C1. The minimum atomic E-state index is -0.854. The number of carbonyl (C=O) groups excluding carboxylic acids is 2. The van der Waals surface area contributed by atoms with Crippen LogP contribution in [0.15, 0.2) is 54.6 Å². The van der Waals surface area contributed by atoms with Gasteiger partial charge in [-0.1, -0.05) is 18.2 Å². The summed E-state index contributed by atoms with van der Waals surface area (Å²) < 4.78 is 11.0. The molecule has 154 valence electrons. The molecule has 7 heteroatoms. The molecule has 2 aromatic rings. The summed E-state index contributed by atoms with van der Waals surface area (Å²) in [6.45, 7) is 5.65. The van der Waals surface area contributed by atoms with E-state index >= 15 is 0 Å². The Morgan fingerprint density at radius 2 is 1.62 bits per heavy atom. The Labute approximate surface area is 170 Å². The second kappa shape index (κ2) is 8.53. The van der Waals surface area contributed by atoms with E-state index in [2.05, 4.69) is 5.32 Å². The van der Waals surface area contributed by atoms with Crippen molar-refractivity contribution in [2.75, 3.05) is 13.1 Å². The number of ether oxygens (including phenoxy) is 2. The maximum absolute atomic E-state index is 12.5. The molecule has 1 fully saturated rings. The number of benzene rings is 2.